The number of nitrogens with zero attached hydrogens (tertiary/aromatic N) is 3. The standard InChI is InChI=1S/C50H32N3OP/c54-55(38-19-8-3-9-20-38)46-23-13-12-22-40(46)43-31-30-42-41-29-28-35-16-10-11-21-39(35)47(41)53(48(42)49(43)55)50-51-44(36-17-6-2-7-18-36)32-45(52-50)37-26-24-34(25-27-37)33-14-4-1-5-15-33/h1-32H. The molecule has 3 heterocycles. The summed E-state index contributed by atoms with van der Waals surface area (Å²) in [6.07, 6.45) is 0. The fourth-order valence-corrected chi connectivity index (χ4v) is 11.7. The molecule has 10 aromatic rings. The highest BCUT2D eigenvalue weighted by molar-refractivity contribution is 7.86. The summed E-state index contributed by atoms with van der Waals surface area (Å²) < 4.78 is 18.5. The molecular weight excluding hydrogens is 690 g/mol. The third kappa shape index (κ3) is 4.82. The Bertz CT molecular complexity index is 3160. The lowest BCUT2D eigenvalue weighted by Gasteiger charge is -2.19. The summed E-state index contributed by atoms with van der Waals surface area (Å²) in [6, 6.07) is 66.8. The molecule has 55 heavy (non-hydrogen) atoms. The molecule has 5 heteroatoms. The highest BCUT2D eigenvalue weighted by Gasteiger charge is 2.43. The minimum atomic E-state index is -3.36. The maximum Gasteiger partial charge on any atom is 0.235 e. The van der Waals surface area contributed by atoms with E-state index < -0.39 is 7.14 Å². The third-order valence-corrected chi connectivity index (χ3v) is 14.2. The number of aromatic nitrogens is 3. The lowest BCUT2D eigenvalue weighted by molar-refractivity contribution is 0.593. The van der Waals surface area contributed by atoms with Gasteiger partial charge in [-0.3, -0.25) is 4.57 Å². The van der Waals surface area contributed by atoms with Crippen LogP contribution in [0.2, 0.25) is 0 Å². The van der Waals surface area contributed by atoms with Gasteiger partial charge < -0.3 is 4.57 Å². The fraction of sp³-hybridized carbons (Fsp3) is 0. The predicted molar refractivity (Wildman–Crippen MR) is 229 cm³/mol. The second kappa shape index (κ2) is 12.3. The van der Waals surface area contributed by atoms with Gasteiger partial charge in [0.15, 0.2) is 7.14 Å². The molecule has 0 saturated carbocycles. The number of benzene rings is 8. The Kier molecular flexibility index (Phi) is 7.10. The van der Waals surface area contributed by atoms with E-state index in [2.05, 4.69) is 126 Å². The number of hydrogen-bond acceptors (Lipinski definition) is 3. The molecule has 0 bridgehead atoms. The Hall–Kier alpha value is -6.87. The molecule has 11 rings (SSSR count). The zero-order valence-electron chi connectivity index (χ0n) is 29.7. The molecule has 0 amide bonds. The first-order valence-corrected chi connectivity index (χ1v) is 20.2. The van der Waals surface area contributed by atoms with E-state index in [-0.39, 0.29) is 0 Å². The topological polar surface area (TPSA) is 47.8 Å². The van der Waals surface area contributed by atoms with Gasteiger partial charge >= 0.3 is 0 Å². The molecule has 2 aromatic heterocycles. The van der Waals surface area contributed by atoms with Gasteiger partial charge in [0.05, 0.1) is 27.7 Å². The van der Waals surface area contributed by atoms with Gasteiger partial charge in [0.1, 0.15) is 0 Å². The minimum Gasteiger partial charge on any atom is -0.309 e. The van der Waals surface area contributed by atoms with Crippen molar-refractivity contribution in [3.63, 3.8) is 0 Å². The van der Waals surface area contributed by atoms with Crippen molar-refractivity contribution in [3.8, 4) is 50.7 Å². The zero-order valence-corrected chi connectivity index (χ0v) is 30.6. The van der Waals surface area contributed by atoms with E-state index in [4.69, 9.17) is 9.97 Å². The van der Waals surface area contributed by atoms with Crippen LogP contribution >= 0.6 is 7.14 Å². The molecule has 0 radical (unpaired) electrons. The highest BCUT2D eigenvalue weighted by atomic mass is 31.2. The van der Waals surface area contributed by atoms with Crippen molar-refractivity contribution >= 4 is 55.6 Å². The van der Waals surface area contributed by atoms with E-state index in [9.17, 15) is 0 Å². The van der Waals surface area contributed by atoms with E-state index in [1.165, 1.54) is 0 Å². The Morgan fingerprint density at radius 1 is 0.418 bits per heavy atom. The van der Waals surface area contributed by atoms with Crippen molar-refractivity contribution in [2.45, 2.75) is 0 Å². The van der Waals surface area contributed by atoms with Crippen LogP contribution < -0.4 is 15.9 Å². The quantitative estimate of drug-likeness (QED) is 0.166. The molecule has 0 N–H and O–H groups in total. The van der Waals surface area contributed by atoms with Crippen LogP contribution in [0.25, 0.3) is 83.3 Å². The van der Waals surface area contributed by atoms with E-state index >= 15 is 4.57 Å². The molecule has 1 aliphatic rings. The van der Waals surface area contributed by atoms with Crippen LogP contribution in [-0.2, 0) is 4.57 Å². The van der Waals surface area contributed by atoms with Crippen LogP contribution in [0.15, 0.2) is 194 Å². The van der Waals surface area contributed by atoms with Gasteiger partial charge in [-0.1, -0.05) is 188 Å². The average Bonchev–Trinajstić information content (AvgIpc) is 3.75. The van der Waals surface area contributed by atoms with E-state index in [0.717, 1.165) is 93.3 Å². The first-order chi connectivity index (χ1) is 27.2. The maximum atomic E-state index is 16.3. The van der Waals surface area contributed by atoms with E-state index in [0.29, 0.717) is 5.95 Å². The number of fused-ring (bicyclic) bond motifs is 9. The summed E-state index contributed by atoms with van der Waals surface area (Å²) in [7, 11) is -3.36. The first kappa shape index (κ1) is 31.6. The summed E-state index contributed by atoms with van der Waals surface area (Å²) >= 11 is 0. The van der Waals surface area contributed by atoms with Crippen molar-refractivity contribution in [1.82, 2.24) is 14.5 Å². The molecule has 258 valence electrons. The largest absolute Gasteiger partial charge is 0.309 e. The van der Waals surface area contributed by atoms with Crippen LogP contribution in [0.1, 0.15) is 0 Å². The average molecular weight is 722 g/mol. The minimum absolute atomic E-state index is 0.531. The molecule has 4 nitrogen and oxygen atoms in total. The molecular formula is C50H32N3OP. The lowest BCUT2D eigenvalue weighted by atomic mass is 10.0. The van der Waals surface area contributed by atoms with Gasteiger partial charge in [0, 0.05) is 37.9 Å². The smallest absolute Gasteiger partial charge is 0.235 e. The molecule has 1 atom stereocenters. The fourth-order valence-electron chi connectivity index (χ4n) is 8.49. The van der Waals surface area contributed by atoms with Gasteiger partial charge in [0.2, 0.25) is 5.95 Å². The first-order valence-electron chi connectivity index (χ1n) is 18.5. The van der Waals surface area contributed by atoms with Gasteiger partial charge in [-0.05, 0) is 33.7 Å². The van der Waals surface area contributed by atoms with Crippen molar-refractivity contribution in [2.75, 3.05) is 0 Å². The Morgan fingerprint density at radius 2 is 0.964 bits per heavy atom. The summed E-state index contributed by atoms with van der Waals surface area (Å²) in [5.74, 6) is 0.531. The Balaban J connectivity index is 1.27. The predicted octanol–water partition coefficient (Wildman–Crippen LogP) is 11.3. The van der Waals surface area contributed by atoms with Gasteiger partial charge in [-0.15, -0.1) is 0 Å². The lowest BCUT2D eigenvalue weighted by Crippen LogP contribution is -2.22. The molecule has 1 aliphatic heterocycles. The second-order valence-electron chi connectivity index (χ2n) is 14.1. The number of hydrogen-bond donors (Lipinski definition) is 0. The van der Waals surface area contributed by atoms with Crippen molar-refractivity contribution in [1.29, 1.82) is 0 Å². The van der Waals surface area contributed by atoms with Crippen LogP contribution in [0, 0.1) is 0 Å². The zero-order chi connectivity index (χ0) is 36.5. The maximum absolute atomic E-state index is 16.3. The monoisotopic (exact) mass is 721 g/mol. The van der Waals surface area contributed by atoms with Crippen molar-refractivity contribution < 1.29 is 4.57 Å². The Morgan fingerprint density at radius 3 is 1.71 bits per heavy atom. The molecule has 0 saturated heterocycles. The van der Waals surface area contributed by atoms with Crippen LogP contribution in [0.4, 0.5) is 0 Å². The van der Waals surface area contributed by atoms with E-state index in [1.807, 2.05) is 72.8 Å². The van der Waals surface area contributed by atoms with Crippen molar-refractivity contribution in [2.24, 2.45) is 0 Å². The molecule has 0 aliphatic carbocycles. The molecule has 1 unspecified atom stereocenters. The second-order valence-corrected chi connectivity index (χ2v) is 16.7. The SMILES string of the molecule is O=P1(c2ccccc2)c2ccccc2-c2ccc3c4ccc5ccccc5c4n(-c4nc(-c5ccccc5)cc(-c5ccc(-c6ccccc6)cc5)n4)c3c21. The van der Waals surface area contributed by atoms with Gasteiger partial charge in [-0.2, -0.15) is 0 Å². The van der Waals surface area contributed by atoms with Crippen LogP contribution in [0.5, 0.6) is 0 Å². The van der Waals surface area contributed by atoms with Gasteiger partial charge in [-0.25, -0.2) is 9.97 Å². The van der Waals surface area contributed by atoms with Crippen LogP contribution in [-0.4, -0.2) is 14.5 Å². The molecule has 0 fully saturated rings. The molecule has 0 spiro atoms. The van der Waals surface area contributed by atoms with Crippen LogP contribution in [0.3, 0.4) is 0 Å². The highest BCUT2D eigenvalue weighted by Crippen LogP contribution is 2.55. The normalized spacial score (nSPS) is 14.7. The summed E-state index contributed by atoms with van der Waals surface area (Å²) in [4.78, 5) is 10.8. The van der Waals surface area contributed by atoms with Crippen molar-refractivity contribution in [3.05, 3.63) is 194 Å². The third-order valence-electron chi connectivity index (χ3n) is 11.0. The summed E-state index contributed by atoms with van der Waals surface area (Å²) in [5.41, 5.74) is 9.76. The summed E-state index contributed by atoms with van der Waals surface area (Å²) in [6.45, 7) is 0. The van der Waals surface area contributed by atoms with E-state index in [1.54, 1.807) is 0 Å². The van der Waals surface area contributed by atoms with Gasteiger partial charge in [0.25, 0.3) is 0 Å². The number of rotatable bonds is 5. The molecule has 8 aromatic carbocycles. The summed E-state index contributed by atoms with van der Waals surface area (Å²) in [5, 5.41) is 6.79. The Labute approximate surface area is 318 Å².